The molecule has 0 atom stereocenters. The van der Waals surface area contributed by atoms with Crippen molar-refractivity contribution in [1.82, 2.24) is 9.97 Å². The summed E-state index contributed by atoms with van der Waals surface area (Å²) in [7, 11) is 8.22. The van der Waals surface area contributed by atoms with Crippen LogP contribution in [0.5, 0.6) is 0 Å². The van der Waals surface area contributed by atoms with Crippen molar-refractivity contribution in [2.75, 3.05) is 51.2 Å². The molecule has 0 aliphatic heterocycles. The highest BCUT2D eigenvalue weighted by molar-refractivity contribution is 5.82. The SMILES string of the molecule is CCCCOCC=Cc1ccc(-c2nc(-c3ccc(N(C)C)cc3)c(-c3ccc(N(C)C)cc3)[nH]2)cc1. The van der Waals surface area contributed by atoms with Crippen LogP contribution in [0.15, 0.2) is 78.9 Å². The van der Waals surface area contributed by atoms with Crippen molar-refractivity contribution in [3.8, 4) is 33.9 Å². The van der Waals surface area contributed by atoms with Crippen LogP contribution in [0.1, 0.15) is 25.3 Å². The number of aromatic amines is 1. The predicted octanol–water partition coefficient (Wildman–Crippen LogP) is 7.37. The monoisotopic (exact) mass is 494 g/mol. The highest BCUT2D eigenvalue weighted by Crippen LogP contribution is 2.34. The van der Waals surface area contributed by atoms with E-state index >= 15 is 0 Å². The number of imidazole rings is 1. The van der Waals surface area contributed by atoms with Gasteiger partial charge in [-0.25, -0.2) is 4.98 Å². The third kappa shape index (κ3) is 6.69. The van der Waals surface area contributed by atoms with Crippen molar-refractivity contribution in [2.24, 2.45) is 0 Å². The van der Waals surface area contributed by atoms with E-state index in [9.17, 15) is 0 Å². The lowest BCUT2D eigenvalue weighted by molar-refractivity contribution is 0.159. The van der Waals surface area contributed by atoms with Gasteiger partial charge in [0, 0.05) is 62.9 Å². The van der Waals surface area contributed by atoms with Crippen LogP contribution in [0.4, 0.5) is 11.4 Å². The number of aromatic nitrogens is 2. The van der Waals surface area contributed by atoms with Crippen molar-refractivity contribution in [1.29, 1.82) is 0 Å². The van der Waals surface area contributed by atoms with Gasteiger partial charge in [0.25, 0.3) is 0 Å². The molecule has 4 aromatic rings. The summed E-state index contributed by atoms with van der Waals surface area (Å²) in [6, 6.07) is 25.6. The van der Waals surface area contributed by atoms with E-state index in [1.807, 2.05) is 0 Å². The normalized spacial score (nSPS) is 11.3. The number of nitrogens with one attached hydrogen (secondary N) is 1. The summed E-state index contributed by atoms with van der Waals surface area (Å²) in [5, 5.41) is 0. The van der Waals surface area contributed by atoms with Gasteiger partial charge in [0.15, 0.2) is 0 Å². The third-order valence-corrected chi connectivity index (χ3v) is 6.38. The lowest BCUT2D eigenvalue weighted by Gasteiger charge is -2.13. The molecule has 37 heavy (non-hydrogen) atoms. The molecule has 0 saturated heterocycles. The molecule has 1 aromatic heterocycles. The zero-order valence-corrected chi connectivity index (χ0v) is 22.7. The highest BCUT2D eigenvalue weighted by Gasteiger charge is 2.16. The van der Waals surface area contributed by atoms with Gasteiger partial charge in [0.2, 0.25) is 0 Å². The molecule has 0 fully saturated rings. The number of rotatable bonds is 11. The minimum absolute atomic E-state index is 0.645. The van der Waals surface area contributed by atoms with Gasteiger partial charge in [0.1, 0.15) is 5.82 Å². The molecular formula is C32H38N4O. The van der Waals surface area contributed by atoms with Crippen LogP contribution in [0.25, 0.3) is 40.0 Å². The van der Waals surface area contributed by atoms with Gasteiger partial charge in [-0.2, -0.15) is 0 Å². The molecule has 5 nitrogen and oxygen atoms in total. The van der Waals surface area contributed by atoms with E-state index in [1.165, 1.54) is 5.69 Å². The first-order valence-electron chi connectivity index (χ1n) is 13.0. The fourth-order valence-corrected chi connectivity index (χ4v) is 4.11. The molecule has 1 heterocycles. The third-order valence-electron chi connectivity index (χ3n) is 6.38. The Hall–Kier alpha value is -3.83. The van der Waals surface area contributed by atoms with Crippen LogP contribution in [0.3, 0.4) is 0 Å². The Kier molecular flexibility index (Phi) is 8.81. The predicted molar refractivity (Wildman–Crippen MR) is 158 cm³/mol. The molecule has 0 spiro atoms. The second kappa shape index (κ2) is 12.4. The minimum atomic E-state index is 0.645. The first-order valence-corrected chi connectivity index (χ1v) is 13.0. The van der Waals surface area contributed by atoms with Crippen LogP contribution in [0.2, 0.25) is 0 Å². The quantitative estimate of drug-likeness (QED) is 0.221. The molecule has 3 aromatic carbocycles. The van der Waals surface area contributed by atoms with E-state index in [-0.39, 0.29) is 0 Å². The van der Waals surface area contributed by atoms with E-state index in [2.05, 4.69) is 135 Å². The van der Waals surface area contributed by atoms with E-state index in [0.717, 1.165) is 64.6 Å². The second-order valence-electron chi connectivity index (χ2n) is 9.64. The average Bonchev–Trinajstić information content (AvgIpc) is 3.36. The lowest BCUT2D eigenvalue weighted by Crippen LogP contribution is -2.08. The molecular weight excluding hydrogens is 456 g/mol. The Labute approximate surface area is 221 Å². The Bertz CT molecular complexity index is 1220. The Morgan fingerprint density at radius 1 is 0.757 bits per heavy atom. The van der Waals surface area contributed by atoms with Gasteiger partial charge in [-0.1, -0.05) is 74.0 Å². The summed E-state index contributed by atoms with van der Waals surface area (Å²) in [5.74, 6) is 0.858. The summed E-state index contributed by atoms with van der Waals surface area (Å²) >= 11 is 0. The maximum absolute atomic E-state index is 5.62. The van der Waals surface area contributed by atoms with Crippen LogP contribution in [-0.2, 0) is 4.74 Å². The molecule has 0 bridgehead atoms. The number of ether oxygens (including phenoxy) is 1. The van der Waals surface area contributed by atoms with E-state index in [0.29, 0.717) is 6.61 Å². The average molecular weight is 495 g/mol. The summed E-state index contributed by atoms with van der Waals surface area (Å²) in [4.78, 5) is 12.9. The Morgan fingerprint density at radius 3 is 1.89 bits per heavy atom. The van der Waals surface area contributed by atoms with Gasteiger partial charge >= 0.3 is 0 Å². The van der Waals surface area contributed by atoms with Gasteiger partial charge in [-0.15, -0.1) is 0 Å². The van der Waals surface area contributed by atoms with Crippen molar-refractivity contribution in [3.63, 3.8) is 0 Å². The van der Waals surface area contributed by atoms with Gasteiger partial charge in [-0.3, -0.25) is 0 Å². The molecule has 1 N–H and O–H groups in total. The molecule has 0 unspecified atom stereocenters. The van der Waals surface area contributed by atoms with E-state index in [1.54, 1.807) is 0 Å². The number of benzene rings is 3. The van der Waals surface area contributed by atoms with E-state index < -0.39 is 0 Å². The number of nitrogens with zero attached hydrogens (tertiary/aromatic N) is 3. The molecule has 0 radical (unpaired) electrons. The van der Waals surface area contributed by atoms with Crippen molar-refractivity contribution >= 4 is 17.5 Å². The Balaban J connectivity index is 1.63. The molecule has 0 aliphatic rings. The maximum Gasteiger partial charge on any atom is 0.138 e. The maximum atomic E-state index is 5.62. The summed E-state index contributed by atoms with van der Waals surface area (Å²) in [6.07, 6.45) is 6.44. The van der Waals surface area contributed by atoms with Crippen LogP contribution >= 0.6 is 0 Å². The number of hydrogen-bond donors (Lipinski definition) is 1. The van der Waals surface area contributed by atoms with Crippen LogP contribution in [-0.4, -0.2) is 51.4 Å². The van der Waals surface area contributed by atoms with Crippen LogP contribution in [0, 0.1) is 0 Å². The molecule has 5 heteroatoms. The topological polar surface area (TPSA) is 44.4 Å². The zero-order valence-electron chi connectivity index (χ0n) is 22.7. The molecule has 4 rings (SSSR count). The standard InChI is InChI=1S/C32H38N4O/c1-6-7-22-37-23-8-9-24-10-12-27(13-11-24)32-33-30(25-14-18-28(19-15-25)35(2)3)31(34-32)26-16-20-29(21-17-26)36(4)5/h8-21H,6-7,22-23H2,1-5H3,(H,33,34). The fourth-order valence-electron chi connectivity index (χ4n) is 4.11. The van der Waals surface area contributed by atoms with Crippen molar-refractivity contribution < 1.29 is 4.74 Å². The van der Waals surface area contributed by atoms with Gasteiger partial charge in [0.05, 0.1) is 18.0 Å². The molecule has 192 valence electrons. The smallest absolute Gasteiger partial charge is 0.138 e. The van der Waals surface area contributed by atoms with Crippen molar-refractivity contribution in [3.05, 3.63) is 84.4 Å². The van der Waals surface area contributed by atoms with Crippen molar-refractivity contribution in [2.45, 2.75) is 19.8 Å². The fraction of sp³-hybridized carbons (Fsp3) is 0.281. The van der Waals surface area contributed by atoms with Gasteiger partial charge < -0.3 is 19.5 Å². The summed E-state index contributed by atoms with van der Waals surface area (Å²) < 4.78 is 5.62. The summed E-state index contributed by atoms with van der Waals surface area (Å²) in [6.45, 7) is 3.64. The number of unbranched alkanes of at least 4 members (excludes halogenated alkanes) is 1. The lowest BCUT2D eigenvalue weighted by atomic mass is 10.0. The zero-order chi connectivity index (χ0) is 26.2. The Morgan fingerprint density at radius 2 is 1.32 bits per heavy atom. The largest absolute Gasteiger partial charge is 0.378 e. The number of anilines is 2. The summed E-state index contributed by atoms with van der Waals surface area (Å²) in [5.41, 5.74) is 8.70. The molecule has 0 aliphatic carbocycles. The van der Waals surface area contributed by atoms with E-state index in [4.69, 9.17) is 9.72 Å². The first-order chi connectivity index (χ1) is 18.0. The minimum Gasteiger partial charge on any atom is -0.378 e. The first kappa shape index (κ1) is 26.2. The number of hydrogen-bond acceptors (Lipinski definition) is 4. The van der Waals surface area contributed by atoms with Gasteiger partial charge in [-0.05, 0) is 36.2 Å². The highest BCUT2D eigenvalue weighted by atomic mass is 16.5. The molecule has 0 saturated carbocycles. The van der Waals surface area contributed by atoms with Crippen LogP contribution < -0.4 is 9.80 Å². The molecule has 0 amide bonds. The second-order valence-corrected chi connectivity index (χ2v) is 9.64. The number of H-pyrrole nitrogens is 1.